The largest absolute Gasteiger partial charge is 0.494 e. The summed E-state index contributed by atoms with van der Waals surface area (Å²) in [5, 5.41) is 7.16. The molecule has 2 aromatic carbocycles. The monoisotopic (exact) mass is 567 g/mol. The summed E-state index contributed by atoms with van der Waals surface area (Å²) in [7, 11) is 1.61. The van der Waals surface area contributed by atoms with Crippen molar-refractivity contribution in [3.05, 3.63) is 101 Å². The van der Waals surface area contributed by atoms with Crippen LogP contribution in [0.4, 0.5) is 11.4 Å². The highest BCUT2D eigenvalue weighted by molar-refractivity contribution is 7.80. The van der Waals surface area contributed by atoms with Gasteiger partial charge in [0.25, 0.3) is 0 Å². The second-order valence-electron chi connectivity index (χ2n) is 11.5. The number of pyridine rings is 1. The molecule has 4 aromatic rings. The minimum Gasteiger partial charge on any atom is -0.494 e. The van der Waals surface area contributed by atoms with E-state index in [-0.39, 0.29) is 18.0 Å². The Bertz CT molecular complexity index is 1610. The van der Waals surface area contributed by atoms with Crippen LogP contribution in [0.5, 0.6) is 5.75 Å². The number of nitrogens with one attached hydrogen (secondary N) is 2. The number of aryl methyl sites for hydroxylation is 2. The van der Waals surface area contributed by atoms with Gasteiger partial charge in [0.1, 0.15) is 5.75 Å². The Labute approximate surface area is 247 Å². The number of methoxy groups -OCH3 is 1. The minimum absolute atomic E-state index is 0.0846. The Morgan fingerprint density at radius 3 is 2.41 bits per heavy atom. The maximum atomic E-state index is 12.7. The normalized spacial score (nSPS) is 17.0. The molecule has 7 nitrogen and oxygen atoms in total. The molecule has 0 spiro atoms. The molecule has 8 heteroatoms. The number of hydrogen-bond acceptors (Lipinski definition) is 4. The van der Waals surface area contributed by atoms with Gasteiger partial charge in [0.2, 0.25) is 5.91 Å². The van der Waals surface area contributed by atoms with E-state index in [9.17, 15) is 4.79 Å². The molecule has 0 bridgehead atoms. The minimum atomic E-state index is -0.537. The SMILES string of the molecule is COc1cc(N2C(=S)NC(c3ccccn3)C2c2cc(C)n(-c3ccccc3C)c2C)ccc1NC(=O)C(C)(C)C. The Balaban J connectivity index is 1.64. The zero-order chi connectivity index (χ0) is 29.5. The smallest absolute Gasteiger partial charge is 0.229 e. The highest BCUT2D eigenvalue weighted by Gasteiger charge is 2.42. The van der Waals surface area contributed by atoms with Crippen LogP contribution in [0, 0.1) is 26.2 Å². The van der Waals surface area contributed by atoms with Crippen LogP contribution in [-0.4, -0.2) is 27.7 Å². The van der Waals surface area contributed by atoms with Crippen LogP contribution in [-0.2, 0) is 4.79 Å². The molecule has 0 aliphatic carbocycles. The van der Waals surface area contributed by atoms with Crippen molar-refractivity contribution in [1.82, 2.24) is 14.9 Å². The van der Waals surface area contributed by atoms with Crippen LogP contribution in [0.3, 0.4) is 0 Å². The first-order valence-corrected chi connectivity index (χ1v) is 14.2. The number of hydrogen-bond donors (Lipinski definition) is 2. The highest BCUT2D eigenvalue weighted by Crippen LogP contribution is 2.45. The Morgan fingerprint density at radius 2 is 1.76 bits per heavy atom. The van der Waals surface area contributed by atoms with E-state index < -0.39 is 5.41 Å². The van der Waals surface area contributed by atoms with Crippen molar-refractivity contribution in [2.45, 2.75) is 53.6 Å². The molecule has 1 aliphatic heterocycles. The summed E-state index contributed by atoms with van der Waals surface area (Å²) in [6.07, 6.45) is 1.81. The summed E-state index contributed by atoms with van der Waals surface area (Å²) in [4.78, 5) is 19.6. The molecule has 2 atom stereocenters. The molecule has 41 heavy (non-hydrogen) atoms. The third kappa shape index (κ3) is 5.32. The van der Waals surface area contributed by atoms with E-state index in [0.717, 1.165) is 34.0 Å². The average molecular weight is 568 g/mol. The fraction of sp³-hybridized carbons (Fsp3) is 0.303. The molecular weight excluding hydrogens is 530 g/mol. The third-order valence-corrected chi connectivity index (χ3v) is 7.95. The van der Waals surface area contributed by atoms with E-state index in [4.69, 9.17) is 21.9 Å². The summed E-state index contributed by atoms with van der Waals surface area (Å²) in [5.74, 6) is 0.479. The third-order valence-electron chi connectivity index (χ3n) is 7.64. The van der Waals surface area contributed by atoms with Gasteiger partial charge in [-0.15, -0.1) is 0 Å². The fourth-order valence-corrected chi connectivity index (χ4v) is 5.81. The lowest BCUT2D eigenvalue weighted by molar-refractivity contribution is -0.123. The predicted molar refractivity (Wildman–Crippen MR) is 169 cm³/mol. The molecule has 2 aromatic heterocycles. The average Bonchev–Trinajstić information content (AvgIpc) is 3.44. The van der Waals surface area contributed by atoms with Gasteiger partial charge in [-0.1, -0.05) is 45.0 Å². The summed E-state index contributed by atoms with van der Waals surface area (Å²) >= 11 is 5.97. The highest BCUT2D eigenvalue weighted by atomic mass is 32.1. The first-order chi connectivity index (χ1) is 19.5. The van der Waals surface area contributed by atoms with E-state index in [1.165, 1.54) is 5.56 Å². The lowest BCUT2D eigenvalue weighted by atomic mass is 9.95. The standard InChI is InChI=1S/C33H37N5O2S/c1-20-12-8-9-14-27(20)37-21(2)18-24(22(37)3)30-29(26-13-10-11-17-34-26)36-32(41)38(30)23-15-16-25(28(19-23)40-7)35-31(39)33(4,5)6/h8-19,29-30H,1-7H3,(H,35,39)(H,36,41). The topological polar surface area (TPSA) is 71.4 Å². The molecule has 3 heterocycles. The summed E-state index contributed by atoms with van der Waals surface area (Å²) in [6, 6.07) is 22.0. The number of nitrogens with zero attached hydrogens (tertiary/aromatic N) is 3. The van der Waals surface area contributed by atoms with Crippen molar-refractivity contribution in [3.63, 3.8) is 0 Å². The van der Waals surface area contributed by atoms with E-state index in [2.05, 4.69) is 71.2 Å². The van der Waals surface area contributed by atoms with E-state index in [0.29, 0.717) is 16.5 Å². The molecule has 2 N–H and O–H groups in total. The van der Waals surface area contributed by atoms with Gasteiger partial charge in [0, 0.05) is 40.4 Å². The molecule has 1 aliphatic rings. The number of carbonyl (C=O) groups is 1. The van der Waals surface area contributed by atoms with E-state index in [1.54, 1.807) is 7.11 Å². The number of ether oxygens (including phenoxy) is 1. The van der Waals surface area contributed by atoms with Gasteiger partial charge >= 0.3 is 0 Å². The number of thiocarbonyl (C=S) groups is 1. The van der Waals surface area contributed by atoms with Crippen molar-refractivity contribution in [2.24, 2.45) is 5.41 Å². The number of anilines is 2. The molecular formula is C33H37N5O2S. The molecule has 0 saturated carbocycles. The van der Waals surface area contributed by atoms with Crippen molar-refractivity contribution in [3.8, 4) is 11.4 Å². The number of amides is 1. The molecule has 212 valence electrons. The summed E-state index contributed by atoms with van der Waals surface area (Å²) < 4.78 is 8.05. The first kappa shape index (κ1) is 28.4. The zero-order valence-corrected chi connectivity index (χ0v) is 25.5. The maximum Gasteiger partial charge on any atom is 0.229 e. The number of benzene rings is 2. The molecule has 5 rings (SSSR count). The lowest BCUT2D eigenvalue weighted by Gasteiger charge is -2.29. The van der Waals surface area contributed by atoms with E-state index in [1.807, 2.05) is 63.4 Å². The van der Waals surface area contributed by atoms with Gasteiger partial charge in [-0.3, -0.25) is 9.78 Å². The van der Waals surface area contributed by atoms with Gasteiger partial charge in [-0.25, -0.2) is 0 Å². The van der Waals surface area contributed by atoms with Crippen LogP contribution >= 0.6 is 12.2 Å². The summed E-state index contributed by atoms with van der Waals surface area (Å²) in [6.45, 7) is 12.1. The van der Waals surface area contributed by atoms with Crippen LogP contribution in [0.15, 0.2) is 72.9 Å². The zero-order valence-electron chi connectivity index (χ0n) is 24.6. The van der Waals surface area contributed by atoms with Crippen LogP contribution in [0.1, 0.15) is 61.1 Å². The molecule has 2 unspecified atom stereocenters. The fourth-order valence-electron chi connectivity index (χ4n) is 5.46. The van der Waals surface area contributed by atoms with Crippen LogP contribution < -0.4 is 20.3 Å². The second kappa shape index (κ2) is 11.0. The van der Waals surface area contributed by atoms with Gasteiger partial charge in [0.05, 0.1) is 30.6 Å². The second-order valence-corrected chi connectivity index (χ2v) is 11.9. The quantitative estimate of drug-likeness (QED) is 0.245. The van der Waals surface area contributed by atoms with Crippen molar-refractivity contribution < 1.29 is 9.53 Å². The number of aromatic nitrogens is 2. The van der Waals surface area contributed by atoms with Gasteiger partial charge in [-0.05, 0) is 80.5 Å². The van der Waals surface area contributed by atoms with Gasteiger partial charge < -0.3 is 24.8 Å². The van der Waals surface area contributed by atoms with Gasteiger partial charge in [-0.2, -0.15) is 0 Å². The Kier molecular flexibility index (Phi) is 7.62. The van der Waals surface area contributed by atoms with Crippen LogP contribution in [0.25, 0.3) is 5.69 Å². The predicted octanol–water partition coefficient (Wildman–Crippen LogP) is 6.97. The number of carbonyl (C=O) groups excluding carboxylic acids is 1. The van der Waals surface area contributed by atoms with E-state index >= 15 is 0 Å². The summed E-state index contributed by atoms with van der Waals surface area (Å²) in [5.41, 5.74) is 7.64. The molecule has 1 saturated heterocycles. The van der Waals surface area contributed by atoms with Crippen molar-refractivity contribution in [2.75, 3.05) is 17.3 Å². The Morgan fingerprint density at radius 1 is 1.02 bits per heavy atom. The first-order valence-electron chi connectivity index (χ1n) is 13.8. The molecule has 0 radical (unpaired) electrons. The molecule has 1 amide bonds. The van der Waals surface area contributed by atoms with Crippen molar-refractivity contribution in [1.29, 1.82) is 0 Å². The Hall–Kier alpha value is -4.17. The molecule has 1 fully saturated rings. The van der Waals surface area contributed by atoms with Crippen LogP contribution in [0.2, 0.25) is 0 Å². The van der Waals surface area contributed by atoms with Crippen molar-refractivity contribution >= 4 is 34.6 Å². The number of para-hydroxylation sites is 1. The van der Waals surface area contributed by atoms with Gasteiger partial charge in [0.15, 0.2) is 5.11 Å². The lowest BCUT2D eigenvalue weighted by Crippen LogP contribution is -2.30. The maximum absolute atomic E-state index is 12.7. The number of rotatable bonds is 6.